The van der Waals surface area contributed by atoms with Gasteiger partial charge in [0.2, 0.25) is 0 Å². The molecule has 1 aliphatic carbocycles. The van der Waals surface area contributed by atoms with Gasteiger partial charge in [0.1, 0.15) is 0 Å². The zero-order chi connectivity index (χ0) is 7.68. The second kappa shape index (κ2) is 3.33. The molecule has 0 atom stereocenters. The molecule has 1 saturated carbocycles. The number of nitrogens with zero attached hydrogens (tertiary/aromatic N) is 1. The average Bonchev–Trinajstić information content (AvgIpc) is 2.01. The fourth-order valence-corrected chi connectivity index (χ4v) is 2.80. The molecular weight excluding hydrogens is 156 g/mol. The minimum Gasteiger partial charge on any atom is -0.328 e. The van der Waals surface area contributed by atoms with Crippen molar-refractivity contribution in [1.82, 2.24) is 4.90 Å². The van der Waals surface area contributed by atoms with Gasteiger partial charge in [-0.15, -0.1) is 0 Å². The molecule has 2 fully saturated rings. The number of hydrogen-bond acceptors (Lipinski definition) is 3. The summed E-state index contributed by atoms with van der Waals surface area (Å²) >= 11 is 2.08. The predicted octanol–water partition coefficient (Wildman–Crippen LogP) is 0.525. The van der Waals surface area contributed by atoms with E-state index in [9.17, 15) is 0 Å². The molecule has 2 rings (SSSR count). The van der Waals surface area contributed by atoms with E-state index in [-0.39, 0.29) is 0 Å². The highest BCUT2D eigenvalue weighted by Gasteiger charge is 2.31. The summed E-state index contributed by atoms with van der Waals surface area (Å²) in [6, 6.07) is 1.35. The van der Waals surface area contributed by atoms with Crippen LogP contribution < -0.4 is 5.73 Å². The second-order valence-electron chi connectivity index (χ2n) is 3.53. The van der Waals surface area contributed by atoms with E-state index in [1.54, 1.807) is 0 Å². The van der Waals surface area contributed by atoms with Crippen LogP contribution in [-0.2, 0) is 0 Å². The van der Waals surface area contributed by atoms with E-state index in [4.69, 9.17) is 5.73 Å². The van der Waals surface area contributed by atoms with Crippen molar-refractivity contribution in [3.8, 4) is 0 Å². The summed E-state index contributed by atoms with van der Waals surface area (Å²) < 4.78 is 0. The van der Waals surface area contributed by atoms with E-state index in [0.29, 0.717) is 6.04 Å². The predicted molar refractivity (Wildman–Crippen MR) is 49.9 cm³/mol. The zero-order valence-corrected chi connectivity index (χ0v) is 7.65. The largest absolute Gasteiger partial charge is 0.328 e. The van der Waals surface area contributed by atoms with Crippen LogP contribution in [0.5, 0.6) is 0 Å². The molecule has 0 bridgehead atoms. The molecule has 0 aromatic heterocycles. The number of thioether (sulfide) groups is 1. The van der Waals surface area contributed by atoms with Crippen molar-refractivity contribution < 1.29 is 0 Å². The van der Waals surface area contributed by atoms with Crippen molar-refractivity contribution in [2.24, 2.45) is 5.73 Å². The number of hydrogen-bond donors (Lipinski definition) is 1. The first-order valence-electron chi connectivity index (χ1n) is 4.43. The van der Waals surface area contributed by atoms with Gasteiger partial charge in [0.05, 0.1) is 0 Å². The molecule has 0 unspecified atom stereocenters. The highest BCUT2D eigenvalue weighted by Crippen LogP contribution is 2.26. The minimum atomic E-state index is 0.509. The van der Waals surface area contributed by atoms with Crippen molar-refractivity contribution >= 4 is 11.8 Å². The molecular formula is C8H16N2S. The van der Waals surface area contributed by atoms with E-state index in [2.05, 4.69) is 16.7 Å². The molecule has 2 N–H and O–H groups in total. The molecule has 0 aromatic carbocycles. The fraction of sp³-hybridized carbons (Fsp3) is 1.00. The Hall–Kier alpha value is 0.270. The Kier molecular flexibility index (Phi) is 2.39. The van der Waals surface area contributed by atoms with E-state index in [0.717, 1.165) is 6.04 Å². The lowest BCUT2D eigenvalue weighted by molar-refractivity contribution is 0.122. The van der Waals surface area contributed by atoms with Crippen molar-refractivity contribution in [2.45, 2.75) is 24.9 Å². The minimum absolute atomic E-state index is 0.509. The molecule has 0 amide bonds. The number of nitrogens with two attached hydrogens (primary N) is 1. The number of rotatable bonds is 1. The summed E-state index contributed by atoms with van der Waals surface area (Å²) in [5.74, 6) is 2.65. The van der Waals surface area contributed by atoms with Gasteiger partial charge in [0.15, 0.2) is 0 Å². The maximum atomic E-state index is 5.74. The fourth-order valence-electron chi connectivity index (χ4n) is 1.87. The van der Waals surface area contributed by atoms with Crippen molar-refractivity contribution in [2.75, 3.05) is 24.6 Å². The summed E-state index contributed by atoms with van der Waals surface area (Å²) in [6.07, 6.45) is 2.48. The molecule has 2 aliphatic rings. The molecule has 0 radical (unpaired) electrons. The third-order valence-electron chi connectivity index (χ3n) is 2.71. The van der Waals surface area contributed by atoms with Crippen LogP contribution >= 0.6 is 11.8 Å². The van der Waals surface area contributed by atoms with Gasteiger partial charge in [0.25, 0.3) is 0 Å². The van der Waals surface area contributed by atoms with Crippen LogP contribution in [0.2, 0.25) is 0 Å². The van der Waals surface area contributed by atoms with Gasteiger partial charge in [-0.2, -0.15) is 11.8 Å². The normalized spacial score (nSPS) is 40.1. The van der Waals surface area contributed by atoms with Crippen LogP contribution in [0, 0.1) is 0 Å². The molecule has 64 valence electrons. The molecule has 1 saturated heterocycles. The lowest BCUT2D eigenvalue weighted by atomic mass is 9.86. The second-order valence-corrected chi connectivity index (χ2v) is 4.76. The first kappa shape index (κ1) is 7.90. The molecule has 0 spiro atoms. The van der Waals surface area contributed by atoms with E-state index < -0.39 is 0 Å². The van der Waals surface area contributed by atoms with Crippen LogP contribution in [0.15, 0.2) is 0 Å². The molecule has 3 heteroatoms. The van der Waals surface area contributed by atoms with Crippen LogP contribution in [0.4, 0.5) is 0 Å². The summed E-state index contributed by atoms with van der Waals surface area (Å²) in [7, 11) is 0. The molecule has 11 heavy (non-hydrogen) atoms. The Bertz CT molecular complexity index is 128. The van der Waals surface area contributed by atoms with Gasteiger partial charge >= 0.3 is 0 Å². The molecule has 1 aliphatic heterocycles. The van der Waals surface area contributed by atoms with Crippen LogP contribution in [0.3, 0.4) is 0 Å². The zero-order valence-electron chi connectivity index (χ0n) is 6.83. The van der Waals surface area contributed by atoms with Gasteiger partial charge in [-0.25, -0.2) is 0 Å². The Morgan fingerprint density at radius 1 is 1.18 bits per heavy atom. The summed E-state index contributed by atoms with van der Waals surface area (Å²) in [5, 5.41) is 0. The summed E-state index contributed by atoms with van der Waals surface area (Å²) in [5.41, 5.74) is 5.74. The SMILES string of the molecule is NC1CC(N2CCSCC2)C1. The van der Waals surface area contributed by atoms with Gasteiger partial charge in [-0.05, 0) is 12.8 Å². The maximum Gasteiger partial charge on any atom is 0.0125 e. The van der Waals surface area contributed by atoms with Crippen molar-refractivity contribution in [3.63, 3.8) is 0 Å². The molecule has 2 nitrogen and oxygen atoms in total. The first-order valence-corrected chi connectivity index (χ1v) is 5.59. The lowest BCUT2D eigenvalue weighted by Crippen LogP contribution is -2.52. The molecule has 0 aromatic rings. The van der Waals surface area contributed by atoms with Gasteiger partial charge < -0.3 is 5.73 Å². The first-order chi connectivity index (χ1) is 5.36. The average molecular weight is 172 g/mol. The van der Waals surface area contributed by atoms with Gasteiger partial charge in [0, 0.05) is 36.7 Å². The van der Waals surface area contributed by atoms with Gasteiger partial charge in [-0.3, -0.25) is 4.90 Å². The Labute approximate surface area is 72.5 Å². The quantitative estimate of drug-likeness (QED) is 0.625. The highest BCUT2D eigenvalue weighted by molar-refractivity contribution is 7.99. The maximum absolute atomic E-state index is 5.74. The van der Waals surface area contributed by atoms with E-state index >= 15 is 0 Å². The summed E-state index contributed by atoms with van der Waals surface area (Å²) in [6.45, 7) is 2.59. The van der Waals surface area contributed by atoms with Crippen molar-refractivity contribution in [3.05, 3.63) is 0 Å². The Balaban J connectivity index is 1.76. The Morgan fingerprint density at radius 2 is 1.82 bits per heavy atom. The van der Waals surface area contributed by atoms with E-state index in [1.165, 1.54) is 37.4 Å². The third-order valence-corrected chi connectivity index (χ3v) is 3.65. The van der Waals surface area contributed by atoms with Crippen molar-refractivity contribution in [1.29, 1.82) is 0 Å². The van der Waals surface area contributed by atoms with E-state index in [1.807, 2.05) is 0 Å². The molecule has 1 heterocycles. The topological polar surface area (TPSA) is 29.3 Å². The Morgan fingerprint density at radius 3 is 2.36 bits per heavy atom. The van der Waals surface area contributed by atoms with Crippen LogP contribution in [0.1, 0.15) is 12.8 Å². The highest BCUT2D eigenvalue weighted by atomic mass is 32.2. The lowest BCUT2D eigenvalue weighted by Gasteiger charge is -2.42. The van der Waals surface area contributed by atoms with Gasteiger partial charge in [-0.1, -0.05) is 0 Å². The van der Waals surface area contributed by atoms with Crippen LogP contribution in [0.25, 0.3) is 0 Å². The van der Waals surface area contributed by atoms with Crippen LogP contribution in [-0.4, -0.2) is 41.6 Å². The standard InChI is InChI=1S/C8H16N2S/c9-7-5-8(6-7)10-1-3-11-4-2-10/h7-8H,1-6,9H2. The summed E-state index contributed by atoms with van der Waals surface area (Å²) in [4.78, 5) is 2.61. The smallest absolute Gasteiger partial charge is 0.0125 e. The third kappa shape index (κ3) is 1.71. The monoisotopic (exact) mass is 172 g/mol.